The molecule has 2 aromatic heterocycles. The van der Waals surface area contributed by atoms with Crippen molar-refractivity contribution in [3.8, 4) is 0 Å². The van der Waals surface area contributed by atoms with Crippen molar-refractivity contribution in [2.45, 2.75) is 13.5 Å². The van der Waals surface area contributed by atoms with E-state index in [0.29, 0.717) is 12.5 Å². The van der Waals surface area contributed by atoms with Crippen LogP contribution in [0.4, 0.5) is 11.6 Å². The molecule has 0 saturated carbocycles. The van der Waals surface area contributed by atoms with Crippen LogP contribution < -0.4 is 5.32 Å². The Morgan fingerprint density at radius 3 is 3.00 bits per heavy atom. The van der Waals surface area contributed by atoms with Gasteiger partial charge in [-0.1, -0.05) is 0 Å². The van der Waals surface area contributed by atoms with Crippen LogP contribution in [0.25, 0.3) is 0 Å². The Hall–Kier alpha value is -2.64. The first-order chi connectivity index (χ1) is 8.61. The van der Waals surface area contributed by atoms with Gasteiger partial charge < -0.3 is 9.55 Å². The highest BCUT2D eigenvalue weighted by molar-refractivity contribution is 6.02. The van der Waals surface area contributed by atoms with Crippen LogP contribution in [-0.4, -0.2) is 25.4 Å². The minimum absolute atomic E-state index is 0.110. The molecule has 0 aliphatic rings. The van der Waals surface area contributed by atoms with Gasteiger partial charge in [0, 0.05) is 25.0 Å². The fraction of sp³-hybridized carbons (Fsp3) is 0.200. The number of anilines is 1. The van der Waals surface area contributed by atoms with Crippen LogP contribution in [-0.2, 0) is 6.54 Å². The number of hydrogen-bond acceptors (Lipinski definition) is 4. The third kappa shape index (κ3) is 2.21. The minimum atomic E-state index is -0.532. The highest BCUT2D eigenvalue weighted by Crippen LogP contribution is 2.17. The molecule has 0 aliphatic carbocycles. The maximum atomic E-state index is 11.9. The number of carbonyl (C=O) groups excluding carboxylic acids is 1. The van der Waals surface area contributed by atoms with Crippen LogP contribution in [0.5, 0.6) is 0 Å². The third-order valence-corrected chi connectivity index (χ3v) is 2.40. The molecule has 2 heterocycles. The Labute approximate surface area is 102 Å². The molecule has 0 radical (unpaired) electrons. The van der Waals surface area contributed by atoms with E-state index in [9.17, 15) is 14.9 Å². The Balaban J connectivity index is 2.26. The fourth-order valence-electron chi connectivity index (χ4n) is 1.55. The molecular formula is C10H11N5O3. The molecular weight excluding hydrogens is 238 g/mol. The lowest BCUT2D eigenvalue weighted by Crippen LogP contribution is -2.17. The molecule has 8 heteroatoms. The van der Waals surface area contributed by atoms with Crippen molar-refractivity contribution in [2.24, 2.45) is 0 Å². The van der Waals surface area contributed by atoms with Gasteiger partial charge in [-0.05, 0) is 6.92 Å². The van der Waals surface area contributed by atoms with Crippen molar-refractivity contribution in [3.63, 3.8) is 0 Å². The van der Waals surface area contributed by atoms with Gasteiger partial charge in [0.1, 0.15) is 5.69 Å². The Morgan fingerprint density at radius 1 is 1.67 bits per heavy atom. The van der Waals surface area contributed by atoms with E-state index < -0.39 is 10.8 Å². The van der Waals surface area contributed by atoms with Gasteiger partial charge in [0.2, 0.25) is 5.95 Å². The van der Waals surface area contributed by atoms with Gasteiger partial charge in [0.25, 0.3) is 11.6 Å². The Bertz CT molecular complexity index is 572. The summed E-state index contributed by atoms with van der Waals surface area (Å²) in [6.07, 6.45) is 4.39. The van der Waals surface area contributed by atoms with Crippen molar-refractivity contribution < 1.29 is 9.72 Å². The van der Waals surface area contributed by atoms with Gasteiger partial charge in [0.05, 0.1) is 11.1 Å². The summed E-state index contributed by atoms with van der Waals surface area (Å²) in [5, 5.41) is 13.2. The molecule has 0 fully saturated rings. The number of aromatic amines is 1. The topological polar surface area (TPSA) is 106 Å². The molecule has 0 spiro atoms. The van der Waals surface area contributed by atoms with Gasteiger partial charge in [-0.3, -0.25) is 20.2 Å². The molecule has 2 aromatic rings. The molecule has 94 valence electrons. The fourth-order valence-corrected chi connectivity index (χ4v) is 1.55. The van der Waals surface area contributed by atoms with Gasteiger partial charge in [-0.2, -0.15) is 0 Å². The highest BCUT2D eigenvalue weighted by atomic mass is 16.6. The molecule has 0 bridgehead atoms. The zero-order valence-corrected chi connectivity index (χ0v) is 9.58. The summed E-state index contributed by atoms with van der Waals surface area (Å²) < 4.78 is 1.51. The monoisotopic (exact) mass is 249 g/mol. The zero-order valence-electron chi connectivity index (χ0n) is 9.58. The number of aromatic nitrogens is 3. The van der Waals surface area contributed by atoms with Gasteiger partial charge in [-0.15, -0.1) is 0 Å². The van der Waals surface area contributed by atoms with Crippen molar-refractivity contribution in [1.29, 1.82) is 0 Å². The zero-order chi connectivity index (χ0) is 13.1. The second-order valence-electron chi connectivity index (χ2n) is 3.52. The Kier molecular flexibility index (Phi) is 3.09. The largest absolute Gasteiger partial charge is 0.337 e. The summed E-state index contributed by atoms with van der Waals surface area (Å²) in [6.45, 7) is 2.27. The number of imidazole rings is 1. The van der Waals surface area contributed by atoms with Crippen LogP contribution in [0.2, 0.25) is 0 Å². The molecule has 0 unspecified atom stereocenters. The van der Waals surface area contributed by atoms with Crippen molar-refractivity contribution in [3.05, 3.63) is 40.5 Å². The van der Waals surface area contributed by atoms with E-state index in [2.05, 4.69) is 15.3 Å². The van der Waals surface area contributed by atoms with E-state index in [1.807, 2.05) is 0 Å². The molecule has 1 amide bonds. The average molecular weight is 249 g/mol. The van der Waals surface area contributed by atoms with E-state index in [1.165, 1.54) is 23.0 Å². The SMILES string of the molecule is CCn1cc([N+](=O)[O-])cc1C(=O)Nc1ncc[nH]1. The van der Waals surface area contributed by atoms with E-state index in [-0.39, 0.29) is 11.4 Å². The first kappa shape index (κ1) is 11.8. The molecule has 18 heavy (non-hydrogen) atoms. The minimum Gasteiger partial charge on any atom is -0.337 e. The van der Waals surface area contributed by atoms with E-state index in [1.54, 1.807) is 13.1 Å². The van der Waals surface area contributed by atoms with Gasteiger partial charge in [-0.25, -0.2) is 4.98 Å². The lowest BCUT2D eigenvalue weighted by molar-refractivity contribution is -0.384. The summed E-state index contributed by atoms with van der Waals surface area (Å²) >= 11 is 0. The number of aryl methyl sites for hydroxylation is 1. The normalized spacial score (nSPS) is 10.3. The van der Waals surface area contributed by atoms with E-state index >= 15 is 0 Å². The maximum absolute atomic E-state index is 11.9. The predicted molar refractivity (Wildman–Crippen MR) is 63.3 cm³/mol. The predicted octanol–water partition coefficient (Wildman–Crippen LogP) is 1.39. The average Bonchev–Trinajstić information content (AvgIpc) is 2.96. The van der Waals surface area contributed by atoms with Crippen LogP contribution >= 0.6 is 0 Å². The number of rotatable bonds is 4. The number of nitrogens with one attached hydrogen (secondary N) is 2. The lowest BCUT2D eigenvalue weighted by Gasteiger charge is -2.04. The second kappa shape index (κ2) is 4.70. The van der Waals surface area contributed by atoms with Crippen LogP contribution in [0.15, 0.2) is 24.7 Å². The van der Waals surface area contributed by atoms with Crippen LogP contribution in [0.1, 0.15) is 17.4 Å². The molecule has 2 rings (SSSR count). The molecule has 0 aromatic carbocycles. The number of hydrogen-bond donors (Lipinski definition) is 2. The summed E-state index contributed by atoms with van der Waals surface area (Å²) in [5.74, 6) is -0.147. The summed E-state index contributed by atoms with van der Waals surface area (Å²) in [6, 6.07) is 1.24. The second-order valence-corrected chi connectivity index (χ2v) is 3.52. The van der Waals surface area contributed by atoms with Gasteiger partial charge in [0.15, 0.2) is 0 Å². The van der Waals surface area contributed by atoms with Crippen molar-refractivity contribution >= 4 is 17.5 Å². The van der Waals surface area contributed by atoms with Crippen LogP contribution in [0.3, 0.4) is 0 Å². The number of carbonyl (C=O) groups is 1. The Morgan fingerprint density at radius 2 is 2.44 bits per heavy atom. The molecule has 0 aliphatic heterocycles. The van der Waals surface area contributed by atoms with Crippen LogP contribution in [0, 0.1) is 10.1 Å². The molecule has 0 saturated heterocycles. The molecule has 0 atom stereocenters. The van der Waals surface area contributed by atoms with E-state index in [4.69, 9.17) is 0 Å². The summed E-state index contributed by atoms with van der Waals surface area (Å²) in [7, 11) is 0. The first-order valence-electron chi connectivity index (χ1n) is 5.27. The first-order valence-corrected chi connectivity index (χ1v) is 5.27. The lowest BCUT2D eigenvalue weighted by atomic mass is 10.4. The third-order valence-electron chi connectivity index (χ3n) is 2.40. The molecule has 8 nitrogen and oxygen atoms in total. The maximum Gasteiger partial charge on any atom is 0.287 e. The van der Waals surface area contributed by atoms with Crippen molar-refractivity contribution in [1.82, 2.24) is 14.5 Å². The number of H-pyrrole nitrogens is 1. The number of amides is 1. The smallest absolute Gasteiger partial charge is 0.287 e. The number of nitrogens with zero attached hydrogens (tertiary/aromatic N) is 3. The number of nitro groups is 1. The molecule has 2 N–H and O–H groups in total. The standard InChI is InChI=1S/C10H11N5O3/c1-2-14-6-7(15(17)18)5-8(14)9(16)13-10-11-3-4-12-10/h3-6H,2H2,1H3,(H2,11,12,13,16). The summed E-state index contributed by atoms with van der Waals surface area (Å²) in [5.41, 5.74) is 0.113. The van der Waals surface area contributed by atoms with Gasteiger partial charge >= 0.3 is 0 Å². The quantitative estimate of drug-likeness (QED) is 0.630. The van der Waals surface area contributed by atoms with Crippen molar-refractivity contribution in [2.75, 3.05) is 5.32 Å². The summed E-state index contributed by atoms with van der Waals surface area (Å²) in [4.78, 5) is 28.6. The highest BCUT2D eigenvalue weighted by Gasteiger charge is 2.19. The van der Waals surface area contributed by atoms with E-state index in [0.717, 1.165) is 0 Å².